The Morgan fingerprint density at radius 3 is 2.57 bits per heavy atom. The standard InChI is InChI=1S/C24H32N4O5S2/c1-17(2)24(29)26-20-6-3-5-19(15-20)18-9-13-27(14-10-18)12-4-11-25-35(32,33)21-7-8-23(34)22(16-21)28(30)31/h3,5-8,15-18,25,34H,4,9-14H2,1-2H3,(H,26,29). The molecule has 0 unspecified atom stereocenters. The summed E-state index contributed by atoms with van der Waals surface area (Å²) in [5.41, 5.74) is 1.71. The molecule has 9 nitrogen and oxygen atoms in total. The van der Waals surface area contributed by atoms with Crippen LogP contribution in [0.15, 0.2) is 52.3 Å². The van der Waals surface area contributed by atoms with E-state index in [0.717, 1.165) is 44.2 Å². The lowest BCUT2D eigenvalue weighted by Gasteiger charge is -2.32. The number of sulfonamides is 1. The fraction of sp³-hybridized carbons (Fsp3) is 0.458. The number of carbonyl (C=O) groups is 1. The van der Waals surface area contributed by atoms with E-state index in [9.17, 15) is 23.3 Å². The summed E-state index contributed by atoms with van der Waals surface area (Å²) in [5, 5.41) is 14.0. The summed E-state index contributed by atoms with van der Waals surface area (Å²) in [6.07, 6.45) is 2.62. The largest absolute Gasteiger partial charge is 0.326 e. The Bertz CT molecular complexity index is 1160. The van der Waals surface area contributed by atoms with Crippen LogP contribution >= 0.6 is 12.6 Å². The number of benzene rings is 2. The Balaban J connectivity index is 1.45. The lowest BCUT2D eigenvalue weighted by molar-refractivity contribution is -0.387. The minimum absolute atomic E-state index is 0.00420. The van der Waals surface area contributed by atoms with Crippen LogP contribution in [0.4, 0.5) is 11.4 Å². The van der Waals surface area contributed by atoms with Gasteiger partial charge in [-0.2, -0.15) is 0 Å². The molecule has 0 saturated carbocycles. The Morgan fingerprint density at radius 2 is 1.91 bits per heavy atom. The number of hydrogen-bond donors (Lipinski definition) is 3. The van der Waals surface area contributed by atoms with E-state index in [1.807, 2.05) is 26.0 Å². The van der Waals surface area contributed by atoms with Gasteiger partial charge in [0.1, 0.15) is 0 Å². The molecular formula is C24H32N4O5S2. The van der Waals surface area contributed by atoms with Crippen LogP contribution in [0.1, 0.15) is 44.6 Å². The second kappa shape index (κ2) is 12.0. The first-order valence-corrected chi connectivity index (χ1v) is 13.6. The number of hydrogen-bond acceptors (Lipinski definition) is 7. The lowest BCUT2D eigenvalue weighted by Crippen LogP contribution is -2.35. The molecule has 0 spiro atoms. The monoisotopic (exact) mass is 520 g/mol. The minimum atomic E-state index is -3.84. The van der Waals surface area contributed by atoms with Crippen molar-refractivity contribution in [2.24, 2.45) is 5.92 Å². The average Bonchev–Trinajstić information content (AvgIpc) is 2.82. The summed E-state index contributed by atoms with van der Waals surface area (Å²) in [4.78, 5) is 24.7. The van der Waals surface area contributed by atoms with Gasteiger partial charge in [-0.15, -0.1) is 12.6 Å². The second-order valence-corrected chi connectivity index (χ2v) is 11.3. The molecule has 1 aliphatic heterocycles. The maximum atomic E-state index is 12.5. The van der Waals surface area contributed by atoms with Crippen molar-refractivity contribution in [3.8, 4) is 0 Å². The van der Waals surface area contributed by atoms with E-state index in [-0.39, 0.29) is 33.8 Å². The zero-order valence-electron chi connectivity index (χ0n) is 19.9. The molecule has 3 rings (SSSR count). The molecule has 35 heavy (non-hydrogen) atoms. The summed E-state index contributed by atoms with van der Waals surface area (Å²) in [5.74, 6) is 0.356. The van der Waals surface area contributed by atoms with Crippen LogP contribution < -0.4 is 10.0 Å². The highest BCUT2D eigenvalue weighted by Gasteiger charge is 2.22. The van der Waals surface area contributed by atoms with Crippen molar-refractivity contribution in [1.82, 2.24) is 9.62 Å². The minimum Gasteiger partial charge on any atom is -0.326 e. The number of anilines is 1. The molecule has 1 fully saturated rings. The van der Waals surface area contributed by atoms with E-state index < -0.39 is 14.9 Å². The van der Waals surface area contributed by atoms with Gasteiger partial charge in [0.05, 0.1) is 14.7 Å². The molecule has 1 heterocycles. The number of rotatable bonds is 10. The first kappa shape index (κ1) is 27.1. The van der Waals surface area contributed by atoms with Crippen LogP contribution in [-0.2, 0) is 14.8 Å². The van der Waals surface area contributed by atoms with Gasteiger partial charge >= 0.3 is 0 Å². The van der Waals surface area contributed by atoms with Gasteiger partial charge in [0, 0.05) is 24.2 Å². The quantitative estimate of drug-likeness (QED) is 0.188. The molecule has 2 aromatic rings. The Hall–Kier alpha value is -2.47. The number of nitro benzene ring substituents is 1. The molecular weight excluding hydrogens is 488 g/mol. The maximum absolute atomic E-state index is 12.5. The molecule has 190 valence electrons. The number of nitrogens with zero attached hydrogens (tertiary/aromatic N) is 2. The van der Waals surface area contributed by atoms with Gasteiger partial charge in [-0.05, 0) is 74.6 Å². The number of nitro groups is 1. The number of amides is 1. The number of thiol groups is 1. The van der Waals surface area contributed by atoms with Crippen molar-refractivity contribution in [2.45, 2.75) is 48.8 Å². The average molecular weight is 521 g/mol. The van der Waals surface area contributed by atoms with E-state index in [1.165, 1.54) is 17.7 Å². The van der Waals surface area contributed by atoms with Crippen molar-refractivity contribution >= 4 is 39.9 Å². The van der Waals surface area contributed by atoms with Gasteiger partial charge in [-0.1, -0.05) is 26.0 Å². The van der Waals surface area contributed by atoms with Gasteiger partial charge in [0.25, 0.3) is 5.69 Å². The summed E-state index contributed by atoms with van der Waals surface area (Å²) < 4.78 is 27.5. The van der Waals surface area contributed by atoms with Crippen LogP contribution in [0.3, 0.4) is 0 Å². The molecule has 0 radical (unpaired) electrons. The predicted octanol–water partition coefficient (Wildman–Crippen LogP) is 4.03. The molecule has 0 bridgehead atoms. The van der Waals surface area contributed by atoms with E-state index in [2.05, 4.69) is 39.7 Å². The Labute approximate surface area is 211 Å². The molecule has 2 N–H and O–H groups in total. The molecule has 11 heteroatoms. The van der Waals surface area contributed by atoms with Crippen LogP contribution in [0.25, 0.3) is 0 Å². The van der Waals surface area contributed by atoms with Crippen LogP contribution in [0.2, 0.25) is 0 Å². The highest BCUT2D eigenvalue weighted by atomic mass is 32.2. The first-order chi connectivity index (χ1) is 16.6. The number of nitrogens with one attached hydrogen (secondary N) is 2. The third-order valence-corrected chi connectivity index (χ3v) is 7.97. The topological polar surface area (TPSA) is 122 Å². The van der Waals surface area contributed by atoms with Crippen molar-refractivity contribution in [3.05, 3.63) is 58.1 Å². The zero-order chi connectivity index (χ0) is 25.6. The summed E-state index contributed by atoms with van der Waals surface area (Å²) in [6.45, 7) is 6.56. The zero-order valence-corrected chi connectivity index (χ0v) is 21.6. The molecule has 0 aromatic heterocycles. The molecule has 0 atom stereocenters. The molecule has 2 aromatic carbocycles. The molecule has 0 aliphatic carbocycles. The summed E-state index contributed by atoms with van der Waals surface area (Å²) in [6, 6.07) is 11.7. The normalized spacial score (nSPS) is 15.3. The highest BCUT2D eigenvalue weighted by molar-refractivity contribution is 7.89. The van der Waals surface area contributed by atoms with Crippen molar-refractivity contribution in [2.75, 3.05) is 31.5 Å². The van der Waals surface area contributed by atoms with E-state index in [4.69, 9.17) is 0 Å². The van der Waals surface area contributed by atoms with E-state index in [1.54, 1.807) is 0 Å². The van der Waals surface area contributed by atoms with Gasteiger partial charge in [-0.3, -0.25) is 14.9 Å². The highest BCUT2D eigenvalue weighted by Crippen LogP contribution is 2.30. The van der Waals surface area contributed by atoms with Crippen molar-refractivity contribution in [1.29, 1.82) is 0 Å². The van der Waals surface area contributed by atoms with Crippen LogP contribution in [0.5, 0.6) is 0 Å². The third kappa shape index (κ3) is 7.50. The lowest BCUT2D eigenvalue weighted by atomic mass is 9.89. The summed E-state index contributed by atoms with van der Waals surface area (Å²) in [7, 11) is -3.84. The molecule has 1 aliphatic rings. The van der Waals surface area contributed by atoms with Crippen LogP contribution in [-0.4, -0.2) is 50.3 Å². The predicted molar refractivity (Wildman–Crippen MR) is 138 cm³/mol. The molecule has 1 saturated heterocycles. The van der Waals surface area contributed by atoms with Crippen molar-refractivity contribution in [3.63, 3.8) is 0 Å². The first-order valence-electron chi connectivity index (χ1n) is 11.7. The number of carbonyl (C=O) groups excluding carboxylic acids is 1. The van der Waals surface area contributed by atoms with Crippen LogP contribution in [0, 0.1) is 16.0 Å². The smallest absolute Gasteiger partial charge is 0.283 e. The fourth-order valence-corrected chi connectivity index (χ4v) is 5.37. The van der Waals surface area contributed by atoms with Crippen molar-refractivity contribution < 1.29 is 18.1 Å². The number of likely N-dealkylation sites (tertiary alicyclic amines) is 1. The summed E-state index contributed by atoms with van der Waals surface area (Å²) >= 11 is 4.00. The fourth-order valence-electron chi connectivity index (χ4n) is 4.06. The Morgan fingerprint density at radius 1 is 1.20 bits per heavy atom. The Kier molecular flexibility index (Phi) is 9.28. The van der Waals surface area contributed by atoms with E-state index >= 15 is 0 Å². The third-order valence-electron chi connectivity index (χ3n) is 6.13. The maximum Gasteiger partial charge on any atom is 0.283 e. The van der Waals surface area contributed by atoms with Gasteiger partial charge in [0.2, 0.25) is 15.9 Å². The van der Waals surface area contributed by atoms with E-state index in [0.29, 0.717) is 12.3 Å². The van der Waals surface area contributed by atoms with Gasteiger partial charge < -0.3 is 10.2 Å². The van der Waals surface area contributed by atoms with Gasteiger partial charge in [0.15, 0.2) is 0 Å². The second-order valence-electron chi connectivity index (χ2n) is 9.04. The number of piperidine rings is 1. The SMILES string of the molecule is CC(C)C(=O)Nc1cccc(C2CCN(CCCNS(=O)(=O)c3ccc(S)c([N+](=O)[O-])c3)CC2)c1. The molecule has 1 amide bonds. The van der Waals surface area contributed by atoms with Gasteiger partial charge in [-0.25, -0.2) is 13.1 Å².